The molecule has 0 unspecified atom stereocenters. The summed E-state index contributed by atoms with van der Waals surface area (Å²) < 4.78 is 0. The highest BCUT2D eigenvalue weighted by Gasteiger charge is 2.31. The van der Waals surface area contributed by atoms with E-state index in [-0.39, 0.29) is 0 Å². The number of aromatic nitrogens is 1. The van der Waals surface area contributed by atoms with E-state index in [1.165, 1.54) is 44.7 Å². The first-order valence-corrected chi connectivity index (χ1v) is 6.71. The molecule has 1 aromatic rings. The van der Waals surface area contributed by atoms with Crippen LogP contribution >= 0.6 is 0 Å². The maximum Gasteiger partial charge on any atom is 0.0553 e. The SMILES string of the molecule is Cc1ccc(N2CC[C@@H]3CNCC[C@@H]3C2)cn1. The third-order valence-electron chi connectivity index (χ3n) is 4.25. The Morgan fingerprint density at radius 3 is 3.06 bits per heavy atom. The normalized spacial score (nSPS) is 28.9. The molecule has 17 heavy (non-hydrogen) atoms. The van der Waals surface area contributed by atoms with Crippen molar-refractivity contribution < 1.29 is 0 Å². The summed E-state index contributed by atoms with van der Waals surface area (Å²) in [5.74, 6) is 1.78. The highest BCUT2D eigenvalue weighted by atomic mass is 15.1. The predicted molar refractivity (Wildman–Crippen MR) is 70.3 cm³/mol. The van der Waals surface area contributed by atoms with Crippen LogP contribution in [0.25, 0.3) is 0 Å². The van der Waals surface area contributed by atoms with Crippen molar-refractivity contribution in [3.8, 4) is 0 Å². The predicted octanol–water partition coefficient (Wildman–Crippen LogP) is 1.83. The van der Waals surface area contributed by atoms with Gasteiger partial charge in [-0.3, -0.25) is 4.98 Å². The molecule has 0 aromatic carbocycles. The molecule has 0 amide bonds. The van der Waals surface area contributed by atoms with Gasteiger partial charge in [0.1, 0.15) is 0 Å². The van der Waals surface area contributed by atoms with E-state index in [1.807, 2.05) is 13.1 Å². The molecule has 3 heteroatoms. The first-order chi connectivity index (χ1) is 8.33. The van der Waals surface area contributed by atoms with Gasteiger partial charge in [-0.25, -0.2) is 0 Å². The lowest BCUT2D eigenvalue weighted by molar-refractivity contribution is 0.218. The molecule has 2 saturated heterocycles. The maximum absolute atomic E-state index is 4.40. The van der Waals surface area contributed by atoms with Gasteiger partial charge in [0.2, 0.25) is 0 Å². The van der Waals surface area contributed by atoms with Gasteiger partial charge in [0.15, 0.2) is 0 Å². The minimum Gasteiger partial charge on any atom is -0.370 e. The van der Waals surface area contributed by atoms with Crippen LogP contribution in [0.3, 0.4) is 0 Å². The van der Waals surface area contributed by atoms with E-state index in [1.54, 1.807) is 0 Å². The van der Waals surface area contributed by atoms with E-state index in [2.05, 4.69) is 27.3 Å². The van der Waals surface area contributed by atoms with Crippen LogP contribution in [-0.2, 0) is 0 Å². The molecule has 3 nitrogen and oxygen atoms in total. The number of nitrogens with zero attached hydrogens (tertiary/aromatic N) is 2. The van der Waals surface area contributed by atoms with Crippen molar-refractivity contribution in [1.82, 2.24) is 10.3 Å². The van der Waals surface area contributed by atoms with Crippen LogP contribution in [0.1, 0.15) is 18.5 Å². The average Bonchev–Trinajstić information content (AvgIpc) is 2.39. The van der Waals surface area contributed by atoms with Crippen molar-refractivity contribution in [3.63, 3.8) is 0 Å². The van der Waals surface area contributed by atoms with E-state index in [0.717, 1.165) is 17.5 Å². The third-order valence-corrected chi connectivity index (χ3v) is 4.25. The molecule has 92 valence electrons. The molecular weight excluding hydrogens is 210 g/mol. The zero-order valence-electron chi connectivity index (χ0n) is 10.5. The van der Waals surface area contributed by atoms with Crippen molar-refractivity contribution >= 4 is 5.69 Å². The molecule has 0 aliphatic carbocycles. The Labute approximate surface area is 103 Å². The molecule has 2 fully saturated rings. The Hall–Kier alpha value is -1.09. The number of rotatable bonds is 1. The fraction of sp³-hybridized carbons (Fsp3) is 0.643. The summed E-state index contributed by atoms with van der Waals surface area (Å²) in [6, 6.07) is 4.33. The Morgan fingerprint density at radius 2 is 2.24 bits per heavy atom. The van der Waals surface area contributed by atoms with Crippen molar-refractivity contribution in [2.75, 3.05) is 31.1 Å². The molecule has 1 aromatic heterocycles. The molecule has 2 atom stereocenters. The largest absolute Gasteiger partial charge is 0.370 e. The molecule has 0 bridgehead atoms. The summed E-state index contributed by atoms with van der Waals surface area (Å²) in [7, 11) is 0. The second-order valence-electron chi connectivity index (χ2n) is 5.41. The second-order valence-corrected chi connectivity index (χ2v) is 5.41. The summed E-state index contributed by atoms with van der Waals surface area (Å²) in [4.78, 5) is 6.92. The maximum atomic E-state index is 4.40. The fourth-order valence-electron chi connectivity index (χ4n) is 3.13. The van der Waals surface area contributed by atoms with Crippen LogP contribution in [0, 0.1) is 18.8 Å². The summed E-state index contributed by atoms with van der Waals surface area (Å²) in [5.41, 5.74) is 2.40. The van der Waals surface area contributed by atoms with E-state index in [4.69, 9.17) is 0 Å². The van der Waals surface area contributed by atoms with E-state index < -0.39 is 0 Å². The first-order valence-electron chi connectivity index (χ1n) is 6.71. The summed E-state index contributed by atoms with van der Waals surface area (Å²) >= 11 is 0. The van der Waals surface area contributed by atoms with Gasteiger partial charge in [-0.05, 0) is 56.8 Å². The van der Waals surface area contributed by atoms with Gasteiger partial charge in [0, 0.05) is 18.8 Å². The van der Waals surface area contributed by atoms with E-state index >= 15 is 0 Å². The number of hydrogen-bond acceptors (Lipinski definition) is 3. The lowest BCUT2D eigenvalue weighted by atomic mass is 9.81. The number of nitrogens with one attached hydrogen (secondary N) is 1. The van der Waals surface area contributed by atoms with Gasteiger partial charge in [-0.2, -0.15) is 0 Å². The summed E-state index contributed by atoms with van der Waals surface area (Å²) in [6.45, 7) is 6.87. The second kappa shape index (κ2) is 4.65. The van der Waals surface area contributed by atoms with Crippen LogP contribution in [0.5, 0.6) is 0 Å². The number of aryl methyl sites for hydroxylation is 1. The Bertz CT molecular complexity index is 374. The smallest absolute Gasteiger partial charge is 0.0553 e. The van der Waals surface area contributed by atoms with E-state index in [0.29, 0.717) is 0 Å². The summed E-state index contributed by atoms with van der Waals surface area (Å²) in [5, 5.41) is 3.52. The average molecular weight is 231 g/mol. The van der Waals surface area contributed by atoms with Gasteiger partial charge in [0.05, 0.1) is 11.9 Å². The molecule has 1 N–H and O–H groups in total. The Balaban J connectivity index is 1.71. The third kappa shape index (κ3) is 2.29. The quantitative estimate of drug-likeness (QED) is 0.799. The molecule has 0 saturated carbocycles. The van der Waals surface area contributed by atoms with Gasteiger partial charge < -0.3 is 10.2 Å². The number of fused-ring (bicyclic) bond motifs is 1. The zero-order chi connectivity index (χ0) is 11.7. The number of anilines is 1. The van der Waals surface area contributed by atoms with Crippen LogP contribution in [0.15, 0.2) is 18.3 Å². The van der Waals surface area contributed by atoms with Crippen LogP contribution in [0.2, 0.25) is 0 Å². The standard InChI is InChI=1S/C14H21N3/c1-11-2-3-14(9-16-11)17-7-5-12-8-15-6-4-13(12)10-17/h2-3,9,12-13,15H,4-8,10H2,1H3/t12-,13-/m1/s1. The minimum atomic E-state index is 0.881. The Kier molecular flexibility index (Phi) is 3.02. The highest BCUT2D eigenvalue weighted by molar-refractivity contribution is 5.45. The first kappa shape index (κ1) is 11.0. The van der Waals surface area contributed by atoms with Crippen molar-refractivity contribution in [3.05, 3.63) is 24.0 Å². The van der Waals surface area contributed by atoms with Gasteiger partial charge in [0.25, 0.3) is 0 Å². The van der Waals surface area contributed by atoms with Crippen LogP contribution < -0.4 is 10.2 Å². The lowest BCUT2D eigenvalue weighted by Gasteiger charge is -2.42. The number of hydrogen-bond donors (Lipinski definition) is 1. The number of piperidine rings is 2. The monoisotopic (exact) mass is 231 g/mol. The molecule has 2 aliphatic rings. The molecular formula is C14H21N3. The van der Waals surface area contributed by atoms with Crippen molar-refractivity contribution in [2.24, 2.45) is 11.8 Å². The molecule has 0 radical (unpaired) electrons. The summed E-state index contributed by atoms with van der Waals surface area (Å²) in [6.07, 6.45) is 4.68. The fourth-order valence-corrected chi connectivity index (χ4v) is 3.13. The zero-order valence-corrected chi connectivity index (χ0v) is 10.5. The molecule has 3 heterocycles. The van der Waals surface area contributed by atoms with Crippen molar-refractivity contribution in [1.29, 1.82) is 0 Å². The Morgan fingerprint density at radius 1 is 1.29 bits per heavy atom. The van der Waals surface area contributed by atoms with Crippen LogP contribution in [0.4, 0.5) is 5.69 Å². The van der Waals surface area contributed by atoms with Gasteiger partial charge >= 0.3 is 0 Å². The highest BCUT2D eigenvalue weighted by Crippen LogP contribution is 2.30. The lowest BCUT2D eigenvalue weighted by Crippen LogP contribution is -2.48. The van der Waals surface area contributed by atoms with E-state index in [9.17, 15) is 0 Å². The van der Waals surface area contributed by atoms with Gasteiger partial charge in [-0.1, -0.05) is 0 Å². The number of pyridine rings is 1. The topological polar surface area (TPSA) is 28.2 Å². The van der Waals surface area contributed by atoms with Crippen molar-refractivity contribution in [2.45, 2.75) is 19.8 Å². The molecule has 0 spiro atoms. The molecule has 3 rings (SSSR count). The van der Waals surface area contributed by atoms with Gasteiger partial charge in [-0.15, -0.1) is 0 Å². The van der Waals surface area contributed by atoms with Crippen LogP contribution in [-0.4, -0.2) is 31.2 Å². The molecule has 2 aliphatic heterocycles. The minimum absolute atomic E-state index is 0.881.